The number of carbonyl (C=O) groups excluding carboxylic acids is 2. The molecule has 0 unspecified atom stereocenters. The third kappa shape index (κ3) is 10.7. The Morgan fingerprint density at radius 2 is 1.68 bits per heavy atom. The van der Waals surface area contributed by atoms with Gasteiger partial charge in [0.1, 0.15) is 11.2 Å². The van der Waals surface area contributed by atoms with Gasteiger partial charge in [-0.25, -0.2) is 19.5 Å². The van der Waals surface area contributed by atoms with Gasteiger partial charge < -0.3 is 15.2 Å². The molecule has 0 bridgehead atoms. The summed E-state index contributed by atoms with van der Waals surface area (Å²) in [7, 11) is 0. The van der Waals surface area contributed by atoms with Crippen LogP contribution in [0.15, 0.2) is 23.2 Å². The Morgan fingerprint density at radius 3 is 2.19 bits per heavy atom. The Labute approximate surface area is 194 Å². The van der Waals surface area contributed by atoms with Crippen molar-refractivity contribution in [3.8, 4) is 0 Å². The van der Waals surface area contributed by atoms with Gasteiger partial charge in [0.05, 0.1) is 16.6 Å². The van der Waals surface area contributed by atoms with E-state index in [-0.39, 0.29) is 19.0 Å². The lowest BCUT2D eigenvalue weighted by Gasteiger charge is -2.29. The van der Waals surface area contributed by atoms with Crippen LogP contribution in [0.25, 0.3) is 0 Å². The lowest BCUT2D eigenvalue weighted by Crippen LogP contribution is -2.50. The van der Waals surface area contributed by atoms with Gasteiger partial charge in [-0.05, 0) is 72.2 Å². The van der Waals surface area contributed by atoms with E-state index in [0.717, 1.165) is 5.56 Å². The highest BCUT2D eigenvalue weighted by Crippen LogP contribution is 2.23. The predicted octanol–water partition coefficient (Wildman–Crippen LogP) is 4.96. The number of rotatable bonds is 5. The Bertz CT molecular complexity index is 802. The van der Waals surface area contributed by atoms with Crippen LogP contribution in [0.1, 0.15) is 53.5 Å². The number of ether oxygens (including phenoxy) is 2. The number of hydrogen-bond donors (Lipinski definition) is 2. The number of nitrogens with one attached hydrogen (secondary N) is 1. The first-order valence-corrected chi connectivity index (χ1v) is 10.7. The minimum atomic E-state index is -0.748. The fourth-order valence-corrected chi connectivity index (χ4v) is 2.56. The molecule has 0 radical (unpaired) electrons. The van der Waals surface area contributed by atoms with Crippen LogP contribution in [0.3, 0.4) is 0 Å². The summed E-state index contributed by atoms with van der Waals surface area (Å²) in [6.45, 7) is 11.1. The molecule has 3 N–H and O–H groups in total. The molecule has 10 heteroatoms. The number of alkyl carbamates (subject to hydrolysis) is 1. The molecule has 1 rings (SSSR count). The minimum Gasteiger partial charge on any atom is -0.444 e. The van der Waals surface area contributed by atoms with Gasteiger partial charge in [0, 0.05) is 6.54 Å². The number of amides is 2. The normalized spacial score (nSPS) is 12.4. The summed E-state index contributed by atoms with van der Waals surface area (Å²) in [6, 6.07) is 5.06. The third-order valence-corrected chi connectivity index (χ3v) is 4.20. The topological polar surface area (TPSA) is 106 Å². The smallest absolute Gasteiger partial charge is 0.417 e. The summed E-state index contributed by atoms with van der Waals surface area (Å²) < 4.78 is 10.8. The Balaban J connectivity index is 3.25. The number of aliphatic imine (C=N–C) groups is 1. The fraction of sp³-hybridized carbons (Fsp3) is 0.571. The molecule has 1 aromatic carbocycles. The average molecular weight is 475 g/mol. The highest BCUT2D eigenvalue weighted by Gasteiger charge is 2.28. The molecular weight excluding hydrogens is 443 g/mol. The molecule has 0 aliphatic heterocycles. The van der Waals surface area contributed by atoms with Crippen LogP contribution in [0, 0.1) is 0 Å². The van der Waals surface area contributed by atoms with Gasteiger partial charge in [-0.15, -0.1) is 0 Å². The van der Waals surface area contributed by atoms with Gasteiger partial charge in [-0.1, -0.05) is 29.3 Å². The highest BCUT2D eigenvalue weighted by molar-refractivity contribution is 6.42. The summed E-state index contributed by atoms with van der Waals surface area (Å²) in [5.41, 5.74) is 4.90. The number of nitrogens with two attached hydrogens (primary N) is 1. The molecule has 174 valence electrons. The van der Waals surface area contributed by atoms with Crippen molar-refractivity contribution in [2.24, 2.45) is 10.7 Å². The number of benzene rings is 1. The summed E-state index contributed by atoms with van der Waals surface area (Å²) >= 11 is 12.0. The molecule has 0 fully saturated rings. The zero-order valence-electron chi connectivity index (χ0n) is 18.9. The number of guanidine groups is 1. The third-order valence-electron chi connectivity index (χ3n) is 3.46. The van der Waals surface area contributed by atoms with E-state index in [1.807, 2.05) is 0 Å². The first-order valence-electron chi connectivity index (χ1n) is 9.91. The van der Waals surface area contributed by atoms with Crippen molar-refractivity contribution >= 4 is 41.3 Å². The first-order chi connectivity index (χ1) is 14.2. The largest absolute Gasteiger partial charge is 0.444 e. The zero-order chi connectivity index (χ0) is 23.8. The maximum absolute atomic E-state index is 12.8. The maximum Gasteiger partial charge on any atom is 0.417 e. The van der Waals surface area contributed by atoms with Gasteiger partial charge >= 0.3 is 12.2 Å². The maximum atomic E-state index is 12.8. The number of hydrogen-bond acceptors (Lipinski definition) is 6. The Kier molecular flexibility index (Phi) is 10.1. The van der Waals surface area contributed by atoms with Crippen LogP contribution in [0.5, 0.6) is 0 Å². The van der Waals surface area contributed by atoms with Crippen LogP contribution in [0.4, 0.5) is 9.59 Å². The molecule has 0 aliphatic carbocycles. The van der Waals surface area contributed by atoms with E-state index in [1.165, 1.54) is 4.90 Å². The zero-order valence-corrected chi connectivity index (χ0v) is 20.4. The summed E-state index contributed by atoms with van der Waals surface area (Å²) in [5, 5.41) is 3.35. The molecule has 2 amide bonds. The van der Waals surface area contributed by atoms with Crippen molar-refractivity contribution in [2.45, 2.75) is 65.7 Å². The Hall–Kier alpha value is -2.03. The van der Waals surface area contributed by atoms with Crippen molar-refractivity contribution in [1.29, 1.82) is 0 Å². The molecule has 0 spiro atoms. The number of carbonyl (C=O) groups is 2. The van der Waals surface area contributed by atoms with Crippen LogP contribution >= 0.6 is 23.2 Å². The van der Waals surface area contributed by atoms with E-state index >= 15 is 0 Å². The van der Waals surface area contributed by atoms with Crippen LogP contribution in [-0.2, 0) is 16.0 Å². The van der Waals surface area contributed by atoms with Crippen LogP contribution < -0.4 is 11.1 Å². The molecule has 8 nitrogen and oxygen atoms in total. The van der Waals surface area contributed by atoms with Crippen molar-refractivity contribution in [3.05, 3.63) is 33.8 Å². The molecule has 0 saturated carbocycles. The second kappa shape index (κ2) is 11.5. The van der Waals surface area contributed by atoms with Crippen molar-refractivity contribution in [1.82, 2.24) is 10.2 Å². The molecular formula is C21H32Cl2N4O4. The monoisotopic (exact) mass is 474 g/mol. The quantitative estimate of drug-likeness (QED) is 0.463. The van der Waals surface area contributed by atoms with Gasteiger partial charge in [-0.2, -0.15) is 0 Å². The van der Waals surface area contributed by atoms with E-state index in [0.29, 0.717) is 23.0 Å². The second-order valence-corrected chi connectivity index (χ2v) is 9.60. The molecule has 0 aromatic heterocycles. The molecule has 0 atom stereocenters. The summed E-state index contributed by atoms with van der Waals surface area (Å²) in [6.07, 6.45) is -0.937. The average Bonchev–Trinajstić information content (AvgIpc) is 2.59. The number of nitrogens with zero attached hydrogens (tertiary/aromatic N) is 2. The van der Waals surface area contributed by atoms with E-state index in [2.05, 4.69) is 10.3 Å². The molecule has 0 saturated heterocycles. The highest BCUT2D eigenvalue weighted by atomic mass is 35.5. The van der Waals surface area contributed by atoms with Crippen molar-refractivity contribution in [2.75, 3.05) is 13.1 Å². The van der Waals surface area contributed by atoms with Crippen LogP contribution in [0.2, 0.25) is 10.0 Å². The first kappa shape index (κ1) is 27.0. The fourth-order valence-electron chi connectivity index (χ4n) is 2.24. The van der Waals surface area contributed by atoms with Crippen molar-refractivity contribution in [3.63, 3.8) is 0 Å². The minimum absolute atomic E-state index is 0.0111. The SMILES string of the molecule is CC(C)(C)OC(=O)NC(=NCc1ccc(Cl)c(Cl)c1)N(CCCN)C(=O)OC(C)(C)C. The standard InChI is InChI=1S/C21H32Cl2N4O4/c1-20(2,3)30-18(28)26-17(25-13-14-8-9-15(22)16(23)12-14)27(11-7-10-24)19(29)31-21(4,5)6/h8-9,12H,7,10-11,13,24H2,1-6H3,(H,25,26,28). The number of halogens is 2. The predicted molar refractivity (Wildman–Crippen MR) is 124 cm³/mol. The summed E-state index contributed by atoms with van der Waals surface area (Å²) in [4.78, 5) is 30.9. The molecule has 0 heterocycles. The molecule has 31 heavy (non-hydrogen) atoms. The van der Waals surface area contributed by atoms with Gasteiger partial charge in [0.25, 0.3) is 0 Å². The van der Waals surface area contributed by atoms with Crippen LogP contribution in [-0.4, -0.2) is 47.3 Å². The molecule has 0 aliphatic rings. The molecule has 1 aromatic rings. The Morgan fingerprint density at radius 1 is 1.06 bits per heavy atom. The van der Waals surface area contributed by atoms with Gasteiger partial charge in [-0.3, -0.25) is 5.32 Å². The van der Waals surface area contributed by atoms with Gasteiger partial charge in [0.15, 0.2) is 0 Å². The van der Waals surface area contributed by atoms with E-state index in [9.17, 15) is 9.59 Å². The van der Waals surface area contributed by atoms with Crippen molar-refractivity contribution < 1.29 is 19.1 Å². The van der Waals surface area contributed by atoms with E-state index < -0.39 is 23.4 Å². The second-order valence-electron chi connectivity index (χ2n) is 8.79. The van der Waals surface area contributed by atoms with E-state index in [1.54, 1.807) is 59.7 Å². The lowest BCUT2D eigenvalue weighted by atomic mass is 10.2. The van der Waals surface area contributed by atoms with Gasteiger partial charge in [0.2, 0.25) is 5.96 Å². The van der Waals surface area contributed by atoms with E-state index in [4.69, 9.17) is 38.4 Å². The summed E-state index contributed by atoms with van der Waals surface area (Å²) in [5.74, 6) is -0.0111. The lowest BCUT2D eigenvalue weighted by molar-refractivity contribution is 0.0357.